The Morgan fingerprint density at radius 1 is 1.46 bits per heavy atom. The highest BCUT2D eigenvalue weighted by molar-refractivity contribution is 5.85. The second-order valence-electron chi connectivity index (χ2n) is 2.47. The van der Waals surface area contributed by atoms with E-state index in [0.29, 0.717) is 0 Å². The van der Waals surface area contributed by atoms with E-state index in [9.17, 15) is 4.39 Å². The molecule has 0 heterocycles. The lowest BCUT2D eigenvalue weighted by Gasteiger charge is -2.10. The molecule has 4 N–H and O–H groups in total. The Bertz CT molecular complexity index is 283. The van der Waals surface area contributed by atoms with Crippen LogP contribution in [0.5, 0.6) is 5.75 Å². The lowest BCUT2D eigenvalue weighted by molar-refractivity contribution is 0.264. The van der Waals surface area contributed by atoms with Crippen molar-refractivity contribution >= 4 is 12.4 Å². The molecule has 1 unspecified atom stereocenters. The Balaban J connectivity index is 0.00000144. The van der Waals surface area contributed by atoms with Gasteiger partial charge in [-0.3, -0.25) is 0 Å². The van der Waals surface area contributed by atoms with Crippen LogP contribution in [0.15, 0.2) is 18.2 Å². The predicted molar refractivity (Wildman–Crippen MR) is 49.3 cm³/mol. The minimum atomic E-state index is -0.735. The molecule has 1 aromatic rings. The number of benzene rings is 1. The molecule has 1 atom stereocenters. The van der Waals surface area contributed by atoms with Crippen molar-refractivity contribution < 1.29 is 14.6 Å². The molecule has 0 bridgehead atoms. The Morgan fingerprint density at radius 2 is 2.08 bits per heavy atom. The average Bonchev–Trinajstić information content (AvgIpc) is 2.08. The number of hydrogen-bond acceptors (Lipinski definition) is 3. The molecule has 1 rings (SSSR count). The van der Waals surface area contributed by atoms with Crippen LogP contribution in [0.2, 0.25) is 0 Å². The van der Waals surface area contributed by atoms with Crippen LogP contribution in [0.4, 0.5) is 4.39 Å². The highest BCUT2D eigenvalue weighted by Crippen LogP contribution is 2.24. The van der Waals surface area contributed by atoms with Crippen molar-refractivity contribution in [1.29, 1.82) is 0 Å². The largest absolute Gasteiger partial charge is 0.505 e. The number of halogens is 2. The maximum Gasteiger partial charge on any atom is 0.165 e. The molecule has 0 amide bonds. The van der Waals surface area contributed by atoms with Crippen LogP contribution in [0, 0.1) is 5.82 Å². The highest BCUT2D eigenvalue weighted by Gasteiger charge is 2.12. The Kier molecular flexibility index (Phi) is 4.69. The SMILES string of the molecule is Cl.NC(CO)c1cccc(F)c1O. The zero-order chi connectivity index (χ0) is 9.14. The molecule has 0 saturated heterocycles. The summed E-state index contributed by atoms with van der Waals surface area (Å²) < 4.78 is 12.7. The van der Waals surface area contributed by atoms with E-state index in [0.717, 1.165) is 6.07 Å². The molecule has 5 heteroatoms. The van der Waals surface area contributed by atoms with Gasteiger partial charge in [0, 0.05) is 5.56 Å². The number of hydrogen-bond donors (Lipinski definition) is 3. The molecule has 13 heavy (non-hydrogen) atoms. The third-order valence-corrected chi connectivity index (χ3v) is 1.61. The standard InChI is InChI=1S/C8H10FNO2.ClH/c9-6-3-1-2-5(8(6)12)7(10)4-11;/h1-3,7,11-12H,4,10H2;1H. The highest BCUT2D eigenvalue weighted by atomic mass is 35.5. The van der Waals surface area contributed by atoms with Crippen molar-refractivity contribution in [2.45, 2.75) is 6.04 Å². The average molecular weight is 208 g/mol. The van der Waals surface area contributed by atoms with Gasteiger partial charge in [0.25, 0.3) is 0 Å². The Hall–Kier alpha value is -0.840. The second-order valence-corrected chi connectivity index (χ2v) is 2.47. The number of aromatic hydroxyl groups is 1. The first-order chi connectivity index (χ1) is 5.66. The molecular formula is C8H11ClFNO2. The van der Waals surface area contributed by atoms with E-state index >= 15 is 0 Å². The van der Waals surface area contributed by atoms with E-state index in [2.05, 4.69) is 0 Å². The number of para-hydroxylation sites is 1. The first kappa shape index (κ1) is 12.2. The third kappa shape index (κ3) is 2.55. The molecule has 0 radical (unpaired) electrons. The molecule has 74 valence electrons. The zero-order valence-corrected chi connectivity index (χ0v) is 7.59. The van der Waals surface area contributed by atoms with Gasteiger partial charge in [0.15, 0.2) is 11.6 Å². The van der Waals surface area contributed by atoms with Crippen LogP contribution in [0.25, 0.3) is 0 Å². The fourth-order valence-electron chi connectivity index (χ4n) is 0.930. The van der Waals surface area contributed by atoms with Crippen LogP contribution < -0.4 is 5.73 Å². The monoisotopic (exact) mass is 207 g/mol. The summed E-state index contributed by atoms with van der Waals surface area (Å²) in [5.74, 6) is -1.21. The van der Waals surface area contributed by atoms with Gasteiger partial charge in [0.2, 0.25) is 0 Å². The summed E-state index contributed by atoms with van der Waals surface area (Å²) in [5.41, 5.74) is 5.61. The topological polar surface area (TPSA) is 66.5 Å². The van der Waals surface area contributed by atoms with E-state index in [-0.39, 0.29) is 24.6 Å². The summed E-state index contributed by atoms with van der Waals surface area (Å²) in [6.07, 6.45) is 0. The minimum absolute atomic E-state index is 0. The summed E-state index contributed by atoms with van der Waals surface area (Å²) in [4.78, 5) is 0. The lowest BCUT2D eigenvalue weighted by atomic mass is 10.1. The predicted octanol–water partition coefficient (Wildman–Crippen LogP) is 0.945. The van der Waals surface area contributed by atoms with Crippen molar-refractivity contribution in [3.05, 3.63) is 29.6 Å². The van der Waals surface area contributed by atoms with Gasteiger partial charge in [-0.2, -0.15) is 0 Å². The Labute approximate surface area is 81.4 Å². The van der Waals surface area contributed by atoms with E-state index in [1.54, 1.807) is 0 Å². The lowest BCUT2D eigenvalue weighted by Crippen LogP contribution is -2.14. The minimum Gasteiger partial charge on any atom is -0.505 e. The van der Waals surface area contributed by atoms with Gasteiger partial charge in [-0.05, 0) is 6.07 Å². The number of aliphatic hydroxyl groups excluding tert-OH is 1. The van der Waals surface area contributed by atoms with Gasteiger partial charge in [-0.25, -0.2) is 4.39 Å². The van der Waals surface area contributed by atoms with Gasteiger partial charge in [-0.1, -0.05) is 12.1 Å². The van der Waals surface area contributed by atoms with Gasteiger partial charge in [-0.15, -0.1) is 12.4 Å². The summed E-state index contributed by atoms with van der Waals surface area (Å²) in [6, 6.07) is 3.29. The van der Waals surface area contributed by atoms with Crippen LogP contribution in [0.1, 0.15) is 11.6 Å². The van der Waals surface area contributed by atoms with Crippen LogP contribution in [0.3, 0.4) is 0 Å². The van der Waals surface area contributed by atoms with Crippen molar-refractivity contribution in [3.8, 4) is 5.75 Å². The first-order valence-corrected chi connectivity index (χ1v) is 3.50. The normalized spacial score (nSPS) is 11.9. The molecule has 0 aliphatic rings. The molecular weight excluding hydrogens is 197 g/mol. The smallest absolute Gasteiger partial charge is 0.165 e. The van der Waals surface area contributed by atoms with Gasteiger partial charge < -0.3 is 15.9 Å². The molecule has 0 aromatic heterocycles. The molecule has 3 nitrogen and oxygen atoms in total. The number of nitrogens with two attached hydrogens (primary N) is 1. The summed E-state index contributed by atoms with van der Waals surface area (Å²) in [7, 11) is 0. The summed E-state index contributed by atoms with van der Waals surface area (Å²) >= 11 is 0. The van der Waals surface area contributed by atoms with E-state index in [1.807, 2.05) is 0 Å². The van der Waals surface area contributed by atoms with E-state index in [1.165, 1.54) is 12.1 Å². The molecule has 0 fully saturated rings. The van der Waals surface area contributed by atoms with Crippen LogP contribution >= 0.6 is 12.4 Å². The molecule has 0 aliphatic carbocycles. The molecule has 0 aliphatic heterocycles. The van der Waals surface area contributed by atoms with E-state index < -0.39 is 17.6 Å². The first-order valence-electron chi connectivity index (χ1n) is 3.50. The van der Waals surface area contributed by atoms with Crippen molar-refractivity contribution in [3.63, 3.8) is 0 Å². The quantitative estimate of drug-likeness (QED) is 0.677. The number of aliphatic hydroxyl groups is 1. The van der Waals surface area contributed by atoms with E-state index in [4.69, 9.17) is 15.9 Å². The summed E-state index contributed by atoms with van der Waals surface area (Å²) in [5, 5.41) is 17.8. The second kappa shape index (κ2) is 5.01. The summed E-state index contributed by atoms with van der Waals surface area (Å²) in [6.45, 7) is -0.322. The van der Waals surface area contributed by atoms with Gasteiger partial charge in [0.1, 0.15) is 0 Å². The molecule has 0 saturated carbocycles. The number of phenols is 1. The van der Waals surface area contributed by atoms with Crippen molar-refractivity contribution in [2.75, 3.05) is 6.61 Å². The van der Waals surface area contributed by atoms with Crippen LogP contribution in [-0.4, -0.2) is 16.8 Å². The fraction of sp³-hybridized carbons (Fsp3) is 0.250. The fourth-order valence-corrected chi connectivity index (χ4v) is 0.930. The molecule has 1 aromatic carbocycles. The molecule has 0 spiro atoms. The van der Waals surface area contributed by atoms with Crippen molar-refractivity contribution in [2.24, 2.45) is 5.73 Å². The Morgan fingerprint density at radius 3 is 2.62 bits per heavy atom. The number of rotatable bonds is 2. The van der Waals surface area contributed by atoms with Gasteiger partial charge >= 0.3 is 0 Å². The van der Waals surface area contributed by atoms with Crippen molar-refractivity contribution in [1.82, 2.24) is 0 Å². The third-order valence-electron chi connectivity index (χ3n) is 1.61. The maximum absolute atomic E-state index is 12.7. The maximum atomic E-state index is 12.7. The van der Waals surface area contributed by atoms with Crippen LogP contribution in [-0.2, 0) is 0 Å². The number of phenolic OH excluding ortho intramolecular Hbond substituents is 1. The zero-order valence-electron chi connectivity index (χ0n) is 6.77. The van der Waals surface area contributed by atoms with Gasteiger partial charge in [0.05, 0.1) is 12.6 Å².